The lowest BCUT2D eigenvalue weighted by Gasteiger charge is -2.15. The molecular formula is C14H22N2OS. The summed E-state index contributed by atoms with van der Waals surface area (Å²) < 4.78 is 0. The fourth-order valence-electron chi connectivity index (χ4n) is 1.66. The van der Waals surface area contributed by atoms with E-state index in [0.29, 0.717) is 0 Å². The molecule has 100 valence electrons. The number of hydrogen-bond donors (Lipinski definition) is 2. The summed E-state index contributed by atoms with van der Waals surface area (Å²) in [4.78, 5) is 12.0. The van der Waals surface area contributed by atoms with Crippen LogP contribution in [0.15, 0.2) is 24.3 Å². The van der Waals surface area contributed by atoms with Gasteiger partial charge in [-0.25, -0.2) is 0 Å². The number of hydrogen-bond acceptors (Lipinski definition) is 3. The third-order valence-electron chi connectivity index (χ3n) is 2.81. The summed E-state index contributed by atoms with van der Waals surface area (Å²) in [5.74, 6) is 1.04. The van der Waals surface area contributed by atoms with Crippen LogP contribution in [0.5, 0.6) is 0 Å². The monoisotopic (exact) mass is 266 g/mol. The number of carbonyl (C=O) groups is 1. The first-order valence-electron chi connectivity index (χ1n) is 6.30. The number of rotatable bonds is 7. The largest absolute Gasteiger partial charge is 0.324 e. The number of anilines is 1. The summed E-state index contributed by atoms with van der Waals surface area (Å²) >= 11 is 1.77. The van der Waals surface area contributed by atoms with Crippen LogP contribution in [-0.2, 0) is 11.2 Å². The van der Waals surface area contributed by atoms with Gasteiger partial charge in [-0.2, -0.15) is 11.8 Å². The van der Waals surface area contributed by atoms with Crippen LogP contribution < -0.4 is 10.6 Å². The van der Waals surface area contributed by atoms with Gasteiger partial charge < -0.3 is 10.6 Å². The van der Waals surface area contributed by atoms with Gasteiger partial charge in [0.25, 0.3) is 0 Å². The Balaban J connectivity index is 2.53. The summed E-state index contributed by atoms with van der Waals surface area (Å²) in [6, 6.07) is 7.77. The van der Waals surface area contributed by atoms with E-state index in [2.05, 4.69) is 23.8 Å². The van der Waals surface area contributed by atoms with Crippen molar-refractivity contribution in [3.63, 3.8) is 0 Å². The Labute approximate surface area is 114 Å². The van der Waals surface area contributed by atoms with Crippen LogP contribution in [-0.4, -0.2) is 30.5 Å². The molecule has 1 amide bonds. The lowest BCUT2D eigenvalue weighted by atomic mass is 10.1. The minimum absolute atomic E-state index is 0.0250. The van der Waals surface area contributed by atoms with E-state index in [1.807, 2.05) is 31.2 Å². The second-order valence-electron chi connectivity index (χ2n) is 4.17. The number of nitrogens with one attached hydrogen (secondary N) is 2. The summed E-state index contributed by atoms with van der Waals surface area (Å²) in [5.41, 5.74) is 2.09. The van der Waals surface area contributed by atoms with E-state index < -0.39 is 0 Å². The molecule has 0 fully saturated rings. The molecule has 0 heterocycles. The zero-order valence-corrected chi connectivity index (χ0v) is 12.1. The van der Waals surface area contributed by atoms with Crippen LogP contribution in [0.2, 0.25) is 0 Å². The van der Waals surface area contributed by atoms with Crippen molar-refractivity contribution in [2.75, 3.05) is 23.9 Å². The van der Waals surface area contributed by atoms with E-state index in [9.17, 15) is 4.79 Å². The summed E-state index contributed by atoms with van der Waals surface area (Å²) in [7, 11) is 0. The van der Waals surface area contributed by atoms with Crippen molar-refractivity contribution in [3.05, 3.63) is 29.8 Å². The van der Waals surface area contributed by atoms with Crippen molar-refractivity contribution in [1.82, 2.24) is 5.32 Å². The van der Waals surface area contributed by atoms with Gasteiger partial charge in [-0.05, 0) is 31.2 Å². The average molecular weight is 266 g/mol. The SMILES string of the molecule is CCc1ccccc1NC(=O)C(C)NCCSC. The maximum atomic E-state index is 12.0. The summed E-state index contributed by atoms with van der Waals surface area (Å²) in [6.45, 7) is 4.83. The molecule has 0 radical (unpaired) electrons. The van der Waals surface area contributed by atoms with Crippen LogP contribution in [0.25, 0.3) is 0 Å². The molecule has 3 nitrogen and oxygen atoms in total. The molecule has 1 rings (SSSR count). The van der Waals surface area contributed by atoms with Crippen LogP contribution in [0.4, 0.5) is 5.69 Å². The van der Waals surface area contributed by atoms with Crippen molar-refractivity contribution >= 4 is 23.4 Å². The quantitative estimate of drug-likeness (QED) is 0.745. The van der Waals surface area contributed by atoms with E-state index in [-0.39, 0.29) is 11.9 Å². The molecule has 1 aromatic carbocycles. The topological polar surface area (TPSA) is 41.1 Å². The first kappa shape index (κ1) is 15.1. The first-order chi connectivity index (χ1) is 8.69. The summed E-state index contributed by atoms with van der Waals surface area (Å²) in [6.07, 6.45) is 2.98. The van der Waals surface area contributed by atoms with Crippen LogP contribution in [0.1, 0.15) is 19.4 Å². The lowest BCUT2D eigenvalue weighted by molar-refractivity contribution is -0.117. The van der Waals surface area contributed by atoms with Gasteiger partial charge >= 0.3 is 0 Å². The highest BCUT2D eigenvalue weighted by Crippen LogP contribution is 2.15. The molecule has 0 aliphatic rings. The van der Waals surface area contributed by atoms with Gasteiger partial charge in [0.1, 0.15) is 0 Å². The zero-order valence-electron chi connectivity index (χ0n) is 11.3. The normalized spacial score (nSPS) is 12.2. The van der Waals surface area contributed by atoms with Crippen LogP contribution in [0, 0.1) is 0 Å². The smallest absolute Gasteiger partial charge is 0.241 e. The van der Waals surface area contributed by atoms with E-state index in [1.165, 1.54) is 5.56 Å². The van der Waals surface area contributed by atoms with Gasteiger partial charge in [0.15, 0.2) is 0 Å². The second kappa shape index (κ2) is 8.16. The number of amides is 1. The molecule has 2 N–H and O–H groups in total. The molecule has 0 saturated carbocycles. The van der Waals surface area contributed by atoms with Crippen LogP contribution in [0.3, 0.4) is 0 Å². The highest BCUT2D eigenvalue weighted by atomic mass is 32.2. The second-order valence-corrected chi connectivity index (χ2v) is 5.15. The molecule has 0 bridgehead atoms. The predicted octanol–water partition coefficient (Wildman–Crippen LogP) is 2.53. The van der Waals surface area contributed by atoms with Crippen molar-refractivity contribution in [2.45, 2.75) is 26.3 Å². The van der Waals surface area contributed by atoms with Crippen LogP contribution >= 0.6 is 11.8 Å². The number of aryl methyl sites for hydroxylation is 1. The molecule has 0 saturated heterocycles. The molecule has 0 spiro atoms. The number of carbonyl (C=O) groups excluding carboxylic acids is 1. The Hall–Kier alpha value is -1.000. The van der Waals surface area contributed by atoms with Gasteiger partial charge in [-0.3, -0.25) is 4.79 Å². The minimum Gasteiger partial charge on any atom is -0.324 e. The van der Waals surface area contributed by atoms with Crippen molar-refractivity contribution < 1.29 is 4.79 Å². The standard InChI is InChI=1S/C14H22N2OS/c1-4-12-7-5-6-8-13(12)16-14(17)11(2)15-9-10-18-3/h5-8,11,15H,4,9-10H2,1-3H3,(H,16,17). The first-order valence-corrected chi connectivity index (χ1v) is 7.69. The van der Waals surface area contributed by atoms with E-state index >= 15 is 0 Å². The lowest BCUT2D eigenvalue weighted by Crippen LogP contribution is -2.39. The van der Waals surface area contributed by atoms with Crippen molar-refractivity contribution in [1.29, 1.82) is 0 Å². The van der Waals surface area contributed by atoms with Gasteiger partial charge in [-0.15, -0.1) is 0 Å². The number of benzene rings is 1. The van der Waals surface area contributed by atoms with E-state index in [4.69, 9.17) is 0 Å². The third-order valence-corrected chi connectivity index (χ3v) is 3.42. The van der Waals surface area contributed by atoms with Crippen molar-refractivity contribution in [2.24, 2.45) is 0 Å². The molecule has 18 heavy (non-hydrogen) atoms. The minimum atomic E-state index is -0.165. The Morgan fingerprint density at radius 2 is 2.11 bits per heavy atom. The average Bonchev–Trinajstić information content (AvgIpc) is 2.39. The predicted molar refractivity (Wildman–Crippen MR) is 80.3 cm³/mol. The Bertz CT molecular complexity index is 382. The Morgan fingerprint density at radius 3 is 2.78 bits per heavy atom. The maximum Gasteiger partial charge on any atom is 0.241 e. The number of para-hydroxylation sites is 1. The molecule has 1 atom stereocenters. The van der Waals surface area contributed by atoms with Gasteiger partial charge in [-0.1, -0.05) is 25.1 Å². The molecule has 0 aliphatic heterocycles. The maximum absolute atomic E-state index is 12.0. The number of thioether (sulfide) groups is 1. The molecular weight excluding hydrogens is 244 g/mol. The van der Waals surface area contributed by atoms with E-state index in [0.717, 1.165) is 24.4 Å². The highest BCUT2D eigenvalue weighted by Gasteiger charge is 2.12. The van der Waals surface area contributed by atoms with Gasteiger partial charge in [0.2, 0.25) is 5.91 Å². The Kier molecular flexibility index (Phi) is 6.83. The molecule has 1 aromatic rings. The fourth-order valence-corrected chi connectivity index (χ4v) is 1.98. The van der Waals surface area contributed by atoms with E-state index in [1.54, 1.807) is 11.8 Å². The molecule has 1 unspecified atom stereocenters. The molecule has 0 aliphatic carbocycles. The van der Waals surface area contributed by atoms with Gasteiger partial charge in [0, 0.05) is 18.0 Å². The Morgan fingerprint density at radius 1 is 1.39 bits per heavy atom. The molecule has 0 aromatic heterocycles. The summed E-state index contributed by atoms with van der Waals surface area (Å²) in [5, 5.41) is 6.19. The fraction of sp³-hybridized carbons (Fsp3) is 0.500. The molecule has 4 heteroatoms. The van der Waals surface area contributed by atoms with Gasteiger partial charge in [0.05, 0.1) is 6.04 Å². The van der Waals surface area contributed by atoms with Crippen molar-refractivity contribution in [3.8, 4) is 0 Å². The third kappa shape index (κ3) is 4.70. The highest BCUT2D eigenvalue weighted by molar-refractivity contribution is 7.98. The zero-order chi connectivity index (χ0) is 13.4.